The molecule has 20 heavy (non-hydrogen) atoms. The van der Waals surface area contributed by atoms with Crippen LogP contribution in [0.4, 0.5) is 5.69 Å². The highest BCUT2D eigenvalue weighted by atomic mass is 16.3. The molecule has 0 aliphatic carbocycles. The van der Waals surface area contributed by atoms with Crippen LogP contribution in [0.1, 0.15) is 37.2 Å². The van der Waals surface area contributed by atoms with Crippen LogP contribution in [0.5, 0.6) is 0 Å². The maximum atomic E-state index is 12.3. The topological polar surface area (TPSA) is 91.1 Å². The number of aliphatic hydroxyl groups is 1. The Labute approximate surface area is 118 Å². The van der Waals surface area contributed by atoms with E-state index in [1.165, 1.54) is 0 Å². The zero-order chi connectivity index (χ0) is 14.8. The van der Waals surface area contributed by atoms with Gasteiger partial charge in [0.25, 0.3) is 5.91 Å². The van der Waals surface area contributed by atoms with Gasteiger partial charge in [-0.25, -0.2) is 0 Å². The molecule has 1 aromatic heterocycles. The molecule has 1 heterocycles. The van der Waals surface area contributed by atoms with Crippen molar-refractivity contribution < 1.29 is 9.90 Å². The number of nitrogens with two attached hydrogens (primary N) is 1. The average molecular weight is 275 g/mol. The Morgan fingerprint density at radius 2 is 2.10 bits per heavy atom. The number of nitrogen functional groups attached to an aromatic ring is 1. The van der Waals surface area contributed by atoms with Gasteiger partial charge in [0.1, 0.15) is 5.69 Å². The number of benzene rings is 1. The molecule has 0 aliphatic heterocycles. The predicted octanol–water partition coefficient (Wildman–Crippen LogP) is 2.03. The molecule has 5 N–H and O–H groups in total. The molecule has 0 radical (unpaired) electrons. The number of nitrogens with one attached hydrogen (secondary N) is 2. The van der Waals surface area contributed by atoms with E-state index in [2.05, 4.69) is 10.3 Å². The van der Waals surface area contributed by atoms with Gasteiger partial charge < -0.3 is 21.1 Å². The van der Waals surface area contributed by atoms with Crippen molar-refractivity contribution in [2.45, 2.75) is 32.2 Å². The summed E-state index contributed by atoms with van der Waals surface area (Å²) in [5.74, 6) is -0.224. The highest BCUT2D eigenvalue weighted by Gasteiger charge is 2.28. The summed E-state index contributed by atoms with van der Waals surface area (Å²) in [7, 11) is 0. The number of hydrogen-bond acceptors (Lipinski definition) is 3. The van der Waals surface area contributed by atoms with Crippen molar-refractivity contribution in [3.63, 3.8) is 0 Å². The van der Waals surface area contributed by atoms with E-state index in [9.17, 15) is 9.90 Å². The van der Waals surface area contributed by atoms with E-state index in [0.717, 1.165) is 10.9 Å². The first-order valence-electron chi connectivity index (χ1n) is 6.86. The van der Waals surface area contributed by atoms with E-state index in [0.29, 0.717) is 24.2 Å². The number of carbonyl (C=O) groups excluding carboxylic acids is 1. The summed E-state index contributed by atoms with van der Waals surface area (Å²) in [6.07, 6.45) is 1.35. The monoisotopic (exact) mass is 275 g/mol. The third-order valence-electron chi connectivity index (χ3n) is 3.97. The number of rotatable bonds is 5. The first-order chi connectivity index (χ1) is 9.55. The summed E-state index contributed by atoms with van der Waals surface area (Å²) in [6.45, 7) is 3.82. The fraction of sp³-hybridized carbons (Fsp3) is 0.400. The van der Waals surface area contributed by atoms with Gasteiger partial charge in [0.05, 0.1) is 23.3 Å². The maximum absolute atomic E-state index is 12.3. The normalized spacial score (nSPS) is 11.8. The molecule has 0 atom stereocenters. The van der Waals surface area contributed by atoms with Crippen molar-refractivity contribution >= 4 is 22.5 Å². The molecule has 0 aliphatic rings. The first-order valence-corrected chi connectivity index (χ1v) is 6.86. The minimum absolute atomic E-state index is 0.0753. The molecule has 0 saturated heterocycles. The molecule has 5 nitrogen and oxygen atoms in total. The van der Waals surface area contributed by atoms with E-state index < -0.39 is 5.54 Å². The van der Waals surface area contributed by atoms with Crippen molar-refractivity contribution in [2.24, 2.45) is 0 Å². The second-order valence-electron chi connectivity index (χ2n) is 5.09. The largest absolute Gasteiger partial charge is 0.397 e. The van der Waals surface area contributed by atoms with Gasteiger partial charge in [-0.05, 0) is 25.0 Å². The number of fused-ring (bicyclic) bond motifs is 1. The van der Waals surface area contributed by atoms with E-state index in [1.807, 2.05) is 26.0 Å². The average Bonchev–Trinajstić information content (AvgIpc) is 2.90. The van der Waals surface area contributed by atoms with Crippen LogP contribution in [0.25, 0.3) is 10.9 Å². The molecule has 0 unspecified atom stereocenters. The standard InChI is InChI=1S/C15H21N3O2/c1-3-15(4-2,9-19)18-14(20)12-8-10-6-5-7-11(16)13(10)17-12/h5-8,17,19H,3-4,9,16H2,1-2H3,(H,18,20). The molecule has 5 heteroatoms. The minimum atomic E-state index is -0.570. The molecule has 1 aromatic carbocycles. The third kappa shape index (κ3) is 2.49. The van der Waals surface area contributed by atoms with Crippen LogP contribution in [0.15, 0.2) is 24.3 Å². The number of aromatic amines is 1. The van der Waals surface area contributed by atoms with E-state index in [4.69, 9.17) is 5.73 Å². The fourth-order valence-corrected chi connectivity index (χ4v) is 2.30. The zero-order valence-corrected chi connectivity index (χ0v) is 11.9. The third-order valence-corrected chi connectivity index (χ3v) is 3.97. The summed E-state index contributed by atoms with van der Waals surface area (Å²) >= 11 is 0. The van der Waals surface area contributed by atoms with Crippen LogP contribution in [-0.2, 0) is 0 Å². The van der Waals surface area contributed by atoms with Gasteiger partial charge in [-0.2, -0.15) is 0 Å². The van der Waals surface area contributed by atoms with Crippen molar-refractivity contribution in [3.05, 3.63) is 30.0 Å². The molecular formula is C15H21N3O2. The molecule has 1 amide bonds. The van der Waals surface area contributed by atoms with Crippen LogP contribution < -0.4 is 11.1 Å². The Bertz CT molecular complexity index is 606. The first kappa shape index (κ1) is 14.4. The van der Waals surface area contributed by atoms with E-state index in [-0.39, 0.29) is 12.5 Å². The molecule has 2 rings (SSSR count). The smallest absolute Gasteiger partial charge is 0.268 e. The number of aliphatic hydroxyl groups excluding tert-OH is 1. The number of carbonyl (C=O) groups is 1. The Morgan fingerprint density at radius 3 is 2.65 bits per heavy atom. The lowest BCUT2D eigenvalue weighted by molar-refractivity contribution is 0.0813. The number of aromatic nitrogens is 1. The number of anilines is 1. The second kappa shape index (κ2) is 5.54. The van der Waals surface area contributed by atoms with Gasteiger partial charge in [-0.15, -0.1) is 0 Å². The van der Waals surface area contributed by atoms with Crippen molar-refractivity contribution in [3.8, 4) is 0 Å². The highest BCUT2D eigenvalue weighted by Crippen LogP contribution is 2.22. The Kier molecular flexibility index (Phi) is 3.99. The lowest BCUT2D eigenvalue weighted by atomic mass is 9.94. The van der Waals surface area contributed by atoms with Gasteiger partial charge >= 0.3 is 0 Å². The SMILES string of the molecule is CCC(CC)(CO)NC(=O)c1cc2cccc(N)c2[nH]1. The number of H-pyrrole nitrogens is 1. The van der Waals surface area contributed by atoms with Gasteiger partial charge in [0.2, 0.25) is 0 Å². The van der Waals surface area contributed by atoms with Crippen molar-refractivity contribution in [2.75, 3.05) is 12.3 Å². The maximum Gasteiger partial charge on any atom is 0.268 e. The summed E-state index contributed by atoms with van der Waals surface area (Å²) in [5.41, 5.74) is 7.14. The minimum Gasteiger partial charge on any atom is -0.397 e. The van der Waals surface area contributed by atoms with Crippen LogP contribution in [0, 0.1) is 0 Å². The van der Waals surface area contributed by atoms with Crippen molar-refractivity contribution in [1.82, 2.24) is 10.3 Å². The predicted molar refractivity (Wildman–Crippen MR) is 80.6 cm³/mol. The molecule has 0 bridgehead atoms. The Morgan fingerprint density at radius 1 is 1.40 bits per heavy atom. The Balaban J connectivity index is 2.30. The van der Waals surface area contributed by atoms with Crippen LogP contribution in [0.3, 0.4) is 0 Å². The lowest BCUT2D eigenvalue weighted by Gasteiger charge is -2.30. The van der Waals surface area contributed by atoms with Gasteiger partial charge in [0, 0.05) is 5.39 Å². The summed E-state index contributed by atoms with van der Waals surface area (Å²) in [5, 5.41) is 13.3. The second-order valence-corrected chi connectivity index (χ2v) is 5.09. The van der Waals surface area contributed by atoms with E-state index >= 15 is 0 Å². The molecule has 0 spiro atoms. The number of para-hydroxylation sites is 1. The Hall–Kier alpha value is -2.01. The molecule has 2 aromatic rings. The summed E-state index contributed by atoms with van der Waals surface area (Å²) in [6, 6.07) is 7.31. The number of amides is 1. The molecule has 0 fully saturated rings. The lowest BCUT2D eigenvalue weighted by Crippen LogP contribution is -2.50. The van der Waals surface area contributed by atoms with Gasteiger partial charge in [-0.1, -0.05) is 26.0 Å². The quantitative estimate of drug-likeness (QED) is 0.629. The van der Waals surface area contributed by atoms with Crippen LogP contribution in [0.2, 0.25) is 0 Å². The van der Waals surface area contributed by atoms with Crippen LogP contribution >= 0.6 is 0 Å². The fourth-order valence-electron chi connectivity index (χ4n) is 2.30. The molecular weight excluding hydrogens is 254 g/mol. The number of hydrogen-bond donors (Lipinski definition) is 4. The molecule has 108 valence electrons. The zero-order valence-electron chi connectivity index (χ0n) is 11.9. The van der Waals surface area contributed by atoms with Crippen molar-refractivity contribution in [1.29, 1.82) is 0 Å². The van der Waals surface area contributed by atoms with Gasteiger partial charge in [-0.3, -0.25) is 4.79 Å². The summed E-state index contributed by atoms with van der Waals surface area (Å²) < 4.78 is 0. The highest BCUT2D eigenvalue weighted by molar-refractivity contribution is 6.01. The summed E-state index contributed by atoms with van der Waals surface area (Å²) in [4.78, 5) is 15.4. The molecule has 0 saturated carbocycles. The van der Waals surface area contributed by atoms with E-state index in [1.54, 1.807) is 12.1 Å². The van der Waals surface area contributed by atoms with Gasteiger partial charge in [0.15, 0.2) is 0 Å². The van der Waals surface area contributed by atoms with Crippen LogP contribution in [-0.4, -0.2) is 28.1 Å².